The summed E-state index contributed by atoms with van der Waals surface area (Å²) in [6, 6.07) is 16.7. The molecule has 4 heteroatoms. The molecule has 4 nitrogen and oxygen atoms in total. The van der Waals surface area contributed by atoms with Crippen molar-refractivity contribution in [2.75, 3.05) is 0 Å². The molecule has 3 aromatic rings. The Labute approximate surface area is 122 Å². The zero-order chi connectivity index (χ0) is 14.8. The highest BCUT2D eigenvalue weighted by Crippen LogP contribution is 2.22. The summed E-state index contributed by atoms with van der Waals surface area (Å²) in [4.78, 5) is 4.52. The zero-order valence-corrected chi connectivity index (χ0v) is 11.5. The molecule has 2 aromatic carbocycles. The van der Waals surface area contributed by atoms with Crippen molar-refractivity contribution in [3.8, 4) is 11.8 Å². The summed E-state index contributed by atoms with van der Waals surface area (Å²) in [5.74, 6) is 0.833. The molecule has 0 aliphatic carbocycles. The topological polar surface area (TPSA) is 61.8 Å². The number of rotatable bonds is 2. The molecule has 0 unspecified atom stereocenters. The fourth-order valence-electron chi connectivity index (χ4n) is 2.27. The molecule has 1 heterocycles. The second kappa shape index (κ2) is 5.14. The minimum atomic E-state index is 0.202. The molecule has 0 spiro atoms. The molecule has 21 heavy (non-hydrogen) atoms. The van der Waals surface area contributed by atoms with E-state index >= 15 is 0 Å². The lowest BCUT2D eigenvalue weighted by Gasteiger charge is -2.01. The highest BCUT2D eigenvalue weighted by Gasteiger charge is 2.11. The molecule has 0 bridgehead atoms. The predicted octanol–water partition coefficient (Wildman–Crippen LogP) is 3.34. The number of para-hydroxylation sites is 2. The van der Waals surface area contributed by atoms with E-state index in [-0.39, 0.29) is 5.75 Å². The van der Waals surface area contributed by atoms with E-state index in [1.807, 2.05) is 35.9 Å². The van der Waals surface area contributed by atoms with Gasteiger partial charge in [-0.2, -0.15) is 5.26 Å². The highest BCUT2D eigenvalue weighted by molar-refractivity contribution is 5.90. The molecule has 1 aromatic heterocycles. The zero-order valence-electron chi connectivity index (χ0n) is 11.5. The van der Waals surface area contributed by atoms with Gasteiger partial charge in [0, 0.05) is 7.05 Å². The molecule has 1 N–H and O–H groups in total. The van der Waals surface area contributed by atoms with Gasteiger partial charge in [0.25, 0.3) is 0 Å². The van der Waals surface area contributed by atoms with Crippen molar-refractivity contribution in [3.05, 3.63) is 59.9 Å². The van der Waals surface area contributed by atoms with Gasteiger partial charge in [-0.25, -0.2) is 4.98 Å². The van der Waals surface area contributed by atoms with Crippen molar-refractivity contribution >= 4 is 22.7 Å². The van der Waals surface area contributed by atoms with Gasteiger partial charge in [0.1, 0.15) is 11.8 Å². The van der Waals surface area contributed by atoms with E-state index in [1.54, 1.807) is 30.3 Å². The van der Waals surface area contributed by atoms with Gasteiger partial charge in [-0.15, -0.1) is 0 Å². The maximum atomic E-state index is 9.42. The molecule has 102 valence electrons. The van der Waals surface area contributed by atoms with Gasteiger partial charge < -0.3 is 9.67 Å². The van der Waals surface area contributed by atoms with E-state index in [0.717, 1.165) is 16.6 Å². The molecular weight excluding hydrogens is 262 g/mol. The van der Waals surface area contributed by atoms with Crippen LogP contribution in [0.4, 0.5) is 0 Å². The summed E-state index contributed by atoms with van der Waals surface area (Å²) >= 11 is 0. The van der Waals surface area contributed by atoms with Crippen LogP contribution >= 0.6 is 0 Å². The lowest BCUT2D eigenvalue weighted by Crippen LogP contribution is -1.95. The van der Waals surface area contributed by atoms with E-state index < -0.39 is 0 Å². The van der Waals surface area contributed by atoms with Crippen LogP contribution in [0.15, 0.2) is 48.5 Å². The first-order valence-electron chi connectivity index (χ1n) is 6.51. The first-order valence-corrected chi connectivity index (χ1v) is 6.51. The summed E-state index contributed by atoms with van der Waals surface area (Å²) in [6.07, 6.45) is 1.76. The van der Waals surface area contributed by atoms with Crippen molar-refractivity contribution in [1.29, 1.82) is 5.26 Å². The van der Waals surface area contributed by atoms with Gasteiger partial charge >= 0.3 is 0 Å². The molecule has 0 saturated heterocycles. The third-order valence-corrected chi connectivity index (χ3v) is 3.35. The van der Waals surface area contributed by atoms with Gasteiger partial charge in [-0.05, 0) is 35.9 Å². The third-order valence-electron chi connectivity index (χ3n) is 3.35. The second-order valence-electron chi connectivity index (χ2n) is 4.74. The quantitative estimate of drug-likeness (QED) is 0.729. The Balaban J connectivity index is 2.12. The SMILES string of the molecule is Cn1c(/C(C#N)=C/c2ccc(O)cc2)nc2ccccc21. The van der Waals surface area contributed by atoms with E-state index in [9.17, 15) is 10.4 Å². The van der Waals surface area contributed by atoms with Crippen molar-refractivity contribution in [2.45, 2.75) is 0 Å². The first-order chi connectivity index (χ1) is 10.2. The minimum absolute atomic E-state index is 0.202. The number of benzene rings is 2. The number of imidazole rings is 1. The first kappa shape index (κ1) is 12.9. The molecule has 0 fully saturated rings. The van der Waals surface area contributed by atoms with E-state index in [4.69, 9.17) is 0 Å². The van der Waals surface area contributed by atoms with Crippen LogP contribution in [0.25, 0.3) is 22.7 Å². The number of aryl methyl sites for hydroxylation is 1. The number of nitriles is 1. The maximum Gasteiger partial charge on any atom is 0.151 e. The number of phenols is 1. The van der Waals surface area contributed by atoms with Crippen LogP contribution in [0, 0.1) is 11.3 Å². The molecule has 0 aliphatic heterocycles. The van der Waals surface area contributed by atoms with Gasteiger partial charge in [0.2, 0.25) is 0 Å². The number of phenolic OH excluding ortho intramolecular Hbond substituents is 1. The van der Waals surface area contributed by atoms with Crippen LogP contribution in [-0.4, -0.2) is 14.7 Å². The van der Waals surface area contributed by atoms with Crippen LogP contribution in [0.2, 0.25) is 0 Å². The molecule has 3 rings (SSSR count). The highest BCUT2D eigenvalue weighted by atomic mass is 16.3. The molecule has 0 radical (unpaired) electrons. The van der Waals surface area contributed by atoms with E-state index in [2.05, 4.69) is 11.1 Å². The number of allylic oxidation sites excluding steroid dienone is 1. The molecule has 0 saturated carbocycles. The Bertz CT molecular complexity index is 867. The number of fused-ring (bicyclic) bond motifs is 1. The third kappa shape index (κ3) is 2.37. The van der Waals surface area contributed by atoms with Crippen molar-refractivity contribution in [2.24, 2.45) is 7.05 Å². The van der Waals surface area contributed by atoms with Gasteiger partial charge in [-0.1, -0.05) is 24.3 Å². The van der Waals surface area contributed by atoms with E-state index in [0.29, 0.717) is 11.4 Å². The summed E-state index contributed by atoms with van der Waals surface area (Å²) < 4.78 is 1.91. The van der Waals surface area contributed by atoms with Crippen molar-refractivity contribution in [3.63, 3.8) is 0 Å². The Morgan fingerprint density at radius 3 is 2.57 bits per heavy atom. The number of hydrogen-bond donors (Lipinski definition) is 1. The van der Waals surface area contributed by atoms with Gasteiger partial charge in [-0.3, -0.25) is 0 Å². The summed E-state index contributed by atoms with van der Waals surface area (Å²) in [6.45, 7) is 0. The fraction of sp³-hybridized carbons (Fsp3) is 0.0588. The Kier molecular flexibility index (Phi) is 3.17. The largest absolute Gasteiger partial charge is 0.508 e. The van der Waals surface area contributed by atoms with Crippen LogP contribution in [-0.2, 0) is 7.05 Å². The Morgan fingerprint density at radius 1 is 1.19 bits per heavy atom. The average Bonchev–Trinajstić information content (AvgIpc) is 2.84. The fourth-order valence-corrected chi connectivity index (χ4v) is 2.27. The second-order valence-corrected chi connectivity index (χ2v) is 4.74. The number of aromatic nitrogens is 2. The van der Waals surface area contributed by atoms with Crippen LogP contribution in [0.5, 0.6) is 5.75 Å². The minimum Gasteiger partial charge on any atom is -0.508 e. The monoisotopic (exact) mass is 275 g/mol. The lowest BCUT2D eigenvalue weighted by atomic mass is 10.1. The smallest absolute Gasteiger partial charge is 0.151 e. The van der Waals surface area contributed by atoms with Crippen LogP contribution in [0.3, 0.4) is 0 Å². The summed E-state index contributed by atoms with van der Waals surface area (Å²) in [5, 5.41) is 18.7. The molecule has 0 atom stereocenters. The van der Waals surface area contributed by atoms with Crippen molar-refractivity contribution in [1.82, 2.24) is 9.55 Å². The van der Waals surface area contributed by atoms with Crippen LogP contribution in [0.1, 0.15) is 11.4 Å². The normalized spacial score (nSPS) is 11.5. The van der Waals surface area contributed by atoms with Gasteiger partial charge in [0.15, 0.2) is 5.82 Å². The number of hydrogen-bond acceptors (Lipinski definition) is 3. The lowest BCUT2D eigenvalue weighted by molar-refractivity contribution is 0.475. The van der Waals surface area contributed by atoms with Crippen molar-refractivity contribution < 1.29 is 5.11 Å². The maximum absolute atomic E-state index is 9.42. The molecule has 0 amide bonds. The predicted molar refractivity (Wildman–Crippen MR) is 82.3 cm³/mol. The Hall–Kier alpha value is -3.06. The van der Waals surface area contributed by atoms with Gasteiger partial charge in [0.05, 0.1) is 16.6 Å². The van der Waals surface area contributed by atoms with Crippen LogP contribution < -0.4 is 0 Å². The summed E-state index contributed by atoms with van der Waals surface area (Å²) in [7, 11) is 1.90. The summed E-state index contributed by atoms with van der Waals surface area (Å²) in [5.41, 5.74) is 3.18. The standard InChI is InChI=1S/C17H13N3O/c1-20-16-5-3-2-4-15(16)19-17(20)13(11-18)10-12-6-8-14(21)9-7-12/h2-10,21H,1H3/b13-10+. The average molecular weight is 275 g/mol. The molecular formula is C17H13N3O. The Morgan fingerprint density at radius 2 is 1.90 bits per heavy atom. The molecule has 0 aliphatic rings. The number of aromatic hydroxyl groups is 1. The number of nitrogens with zero attached hydrogens (tertiary/aromatic N) is 3. The van der Waals surface area contributed by atoms with E-state index in [1.165, 1.54) is 0 Å².